The van der Waals surface area contributed by atoms with Gasteiger partial charge >= 0.3 is 5.97 Å². The lowest BCUT2D eigenvalue weighted by atomic mass is 9.46. The van der Waals surface area contributed by atoms with Gasteiger partial charge in [0.2, 0.25) is 0 Å². The average Bonchev–Trinajstić information content (AvgIpc) is 3.16. The Hall–Kier alpha value is -0.770. The van der Waals surface area contributed by atoms with E-state index in [1.807, 2.05) is 17.8 Å². The fraction of sp³-hybridized carbons (Fsp3) is 0.826. The van der Waals surface area contributed by atoms with E-state index in [1.165, 1.54) is 24.8 Å². The average molecular weight is 389 g/mol. The summed E-state index contributed by atoms with van der Waals surface area (Å²) in [6.45, 7) is 4.89. The fourth-order valence-corrected chi connectivity index (χ4v) is 9.08. The Morgan fingerprint density at radius 1 is 1.04 bits per heavy atom. The lowest BCUT2D eigenvalue weighted by Gasteiger charge is -2.61. The first-order chi connectivity index (χ1) is 12.8. The standard InChI is InChI=1S/C23H32O3S/c1-21-8-4-15(24)12-14(21)13-18(27-3)20-16(21)5-9-22(2)17(20)6-10-23(22)11-7-19(25)26-23/h12,16-18,20H,4-11,13H2,1-3H3/t16?,17?,18-,20?,21?,22?,23?/m1/s1. The number of ether oxygens (including phenoxy) is 1. The molecule has 0 bridgehead atoms. The van der Waals surface area contributed by atoms with Gasteiger partial charge in [-0.3, -0.25) is 9.59 Å². The van der Waals surface area contributed by atoms with Crippen LogP contribution in [-0.4, -0.2) is 28.9 Å². The van der Waals surface area contributed by atoms with Gasteiger partial charge in [-0.15, -0.1) is 0 Å². The summed E-state index contributed by atoms with van der Waals surface area (Å²) >= 11 is 2.01. The lowest BCUT2D eigenvalue weighted by Crippen LogP contribution is -2.57. The maximum atomic E-state index is 12.1. The number of ketones is 1. The van der Waals surface area contributed by atoms with Crippen LogP contribution in [0, 0.1) is 28.6 Å². The van der Waals surface area contributed by atoms with E-state index in [-0.39, 0.29) is 22.4 Å². The SMILES string of the molecule is CS[C@@H]1CC2=CC(=O)CCC2(C)C2CCC3(C)C(CCC34CCC(=O)O4)C21. The lowest BCUT2D eigenvalue weighted by molar-refractivity contribution is -0.167. The number of esters is 1. The minimum absolute atomic E-state index is 0.0204. The monoisotopic (exact) mass is 388 g/mol. The molecule has 7 atom stereocenters. The summed E-state index contributed by atoms with van der Waals surface area (Å²) < 4.78 is 6.07. The zero-order valence-corrected chi connectivity index (χ0v) is 17.7. The van der Waals surface area contributed by atoms with Crippen LogP contribution in [0.2, 0.25) is 0 Å². The van der Waals surface area contributed by atoms with Crippen molar-refractivity contribution in [2.24, 2.45) is 28.6 Å². The van der Waals surface area contributed by atoms with Crippen molar-refractivity contribution < 1.29 is 14.3 Å². The van der Waals surface area contributed by atoms with Crippen molar-refractivity contribution in [2.75, 3.05) is 6.26 Å². The Morgan fingerprint density at radius 3 is 2.52 bits per heavy atom. The smallest absolute Gasteiger partial charge is 0.306 e. The third-order valence-electron chi connectivity index (χ3n) is 9.60. The van der Waals surface area contributed by atoms with Crippen LogP contribution >= 0.6 is 11.8 Å². The van der Waals surface area contributed by atoms with Crippen molar-refractivity contribution in [3.05, 3.63) is 11.6 Å². The maximum absolute atomic E-state index is 12.1. The van der Waals surface area contributed by atoms with Crippen LogP contribution in [0.1, 0.15) is 71.6 Å². The van der Waals surface area contributed by atoms with Crippen molar-refractivity contribution in [2.45, 2.75) is 82.5 Å². The van der Waals surface area contributed by atoms with Gasteiger partial charge in [0.1, 0.15) is 5.60 Å². The Kier molecular flexibility index (Phi) is 3.97. The van der Waals surface area contributed by atoms with E-state index in [4.69, 9.17) is 4.74 Å². The largest absolute Gasteiger partial charge is 0.458 e. The van der Waals surface area contributed by atoms with Crippen LogP contribution in [0.25, 0.3) is 0 Å². The van der Waals surface area contributed by atoms with Gasteiger partial charge in [0.15, 0.2) is 5.78 Å². The molecular formula is C23H32O3S. The molecule has 148 valence electrons. The van der Waals surface area contributed by atoms with Crippen LogP contribution in [0.15, 0.2) is 11.6 Å². The van der Waals surface area contributed by atoms with E-state index in [2.05, 4.69) is 20.1 Å². The molecule has 1 saturated heterocycles. The van der Waals surface area contributed by atoms with Gasteiger partial charge in [0.05, 0.1) is 0 Å². The normalized spacial score (nSPS) is 51.4. The Bertz CT molecular complexity index is 729. The molecule has 5 aliphatic rings. The van der Waals surface area contributed by atoms with E-state index in [0.29, 0.717) is 35.2 Å². The van der Waals surface area contributed by atoms with Crippen molar-refractivity contribution in [1.82, 2.24) is 0 Å². The molecule has 0 N–H and O–H groups in total. The highest BCUT2D eigenvalue weighted by molar-refractivity contribution is 7.99. The molecular weight excluding hydrogens is 356 g/mol. The number of rotatable bonds is 1. The van der Waals surface area contributed by atoms with Crippen LogP contribution < -0.4 is 0 Å². The molecule has 0 radical (unpaired) electrons. The van der Waals surface area contributed by atoms with E-state index >= 15 is 0 Å². The second kappa shape index (κ2) is 5.87. The van der Waals surface area contributed by atoms with Gasteiger partial charge in [0.25, 0.3) is 0 Å². The third-order valence-corrected chi connectivity index (χ3v) is 10.7. The second-order valence-corrected chi connectivity index (χ2v) is 11.4. The summed E-state index contributed by atoms with van der Waals surface area (Å²) in [5.74, 6) is 2.36. The second-order valence-electron chi connectivity index (χ2n) is 10.3. The Balaban J connectivity index is 1.54. The first kappa shape index (κ1) is 18.3. The molecule has 4 fully saturated rings. The summed E-state index contributed by atoms with van der Waals surface area (Å²) in [5.41, 5.74) is 1.58. The predicted molar refractivity (Wildman–Crippen MR) is 107 cm³/mol. The highest BCUT2D eigenvalue weighted by atomic mass is 32.2. The molecule has 0 aromatic rings. The molecule has 1 heterocycles. The molecule has 3 nitrogen and oxygen atoms in total. The Labute approximate surface area is 167 Å². The molecule has 0 aromatic carbocycles. The molecule has 27 heavy (non-hydrogen) atoms. The first-order valence-electron chi connectivity index (χ1n) is 10.8. The van der Waals surface area contributed by atoms with Crippen molar-refractivity contribution in [1.29, 1.82) is 0 Å². The quantitative estimate of drug-likeness (QED) is 0.597. The molecule has 1 aliphatic heterocycles. The van der Waals surface area contributed by atoms with Gasteiger partial charge in [-0.25, -0.2) is 0 Å². The van der Waals surface area contributed by atoms with Crippen LogP contribution in [0.3, 0.4) is 0 Å². The molecule has 5 rings (SSSR count). The number of hydrogen-bond donors (Lipinski definition) is 0. The minimum Gasteiger partial charge on any atom is -0.458 e. The number of hydrogen-bond acceptors (Lipinski definition) is 4. The minimum atomic E-state index is -0.192. The van der Waals surface area contributed by atoms with Crippen LogP contribution in [-0.2, 0) is 14.3 Å². The Morgan fingerprint density at radius 2 is 1.81 bits per heavy atom. The van der Waals surface area contributed by atoms with Gasteiger partial charge in [-0.05, 0) is 80.4 Å². The number of carbonyl (C=O) groups excluding carboxylic acids is 2. The highest BCUT2D eigenvalue weighted by Crippen LogP contribution is 2.70. The van der Waals surface area contributed by atoms with Gasteiger partial charge < -0.3 is 4.74 Å². The van der Waals surface area contributed by atoms with E-state index in [9.17, 15) is 9.59 Å². The van der Waals surface area contributed by atoms with Gasteiger partial charge in [-0.1, -0.05) is 19.4 Å². The van der Waals surface area contributed by atoms with Crippen LogP contribution in [0.4, 0.5) is 0 Å². The number of thioether (sulfide) groups is 1. The molecule has 4 heteroatoms. The van der Waals surface area contributed by atoms with E-state index in [1.54, 1.807) is 0 Å². The number of fused-ring (bicyclic) bond motifs is 6. The van der Waals surface area contributed by atoms with Crippen molar-refractivity contribution in [3.63, 3.8) is 0 Å². The van der Waals surface area contributed by atoms with Gasteiger partial charge in [0, 0.05) is 23.5 Å². The molecule has 0 aromatic heterocycles. The van der Waals surface area contributed by atoms with Crippen molar-refractivity contribution >= 4 is 23.5 Å². The van der Waals surface area contributed by atoms with Crippen molar-refractivity contribution in [3.8, 4) is 0 Å². The molecule has 6 unspecified atom stereocenters. The zero-order valence-electron chi connectivity index (χ0n) is 16.9. The molecule has 3 saturated carbocycles. The molecule has 4 aliphatic carbocycles. The highest BCUT2D eigenvalue weighted by Gasteiger charge is 2.68. The first-order valence-corrected chi connectivity index (χ1v) is 12.1. The molecule has 0 amide bonds. The maximum Gasteiger partial charge on any atom is 0.306 e. The summed E-state index contributed by atoms with van der Waals surface area (Å²) in [6.07, 6.45) is 13.3. The number of allylic oxidation sites excluding steroid dienone is 1. The van der Waals surface area contributed by atoms with E-state index in [0.717, 1.165) is 32.1 Å². The fourth-order valence-electron chi connectivity index (χ4n) is 8.04. The third kappa shape index (κ3) is 2.28. The predicted octanol–water partition coefficient (Wildman–Crippen LogP) is 4.94. The summed E-state index contributed by atoms with van der Waals surface area (Å²) in [4.78, 5) is 24.1. The van der Waals surface area contributed by atoms with Gasteiger partial charge in [-0.2, -0.15) is 11.8 Å². The van der Waals surface area contributed by atoms with E-state index < -0.39 is 0 Å². The van der Waals surface area contributed by atoms with Crippen LogP contribution in [0.5, 0.6) is 0 Å². The summed E-state index contributed by atoms with van der Waals surface area (Å²) in [7, 11) is 0. The molecule has 1 spiro atoms. The topological polar surface area (TPSA) is 43.4 Å². The summed E-state index contributed by atoms with van der Waals surface area (Å²) in [5, 5.41) is 0.595. The zero-order chi connectivity index (χ0) is 19.0. The number of carbonyl (C=O) groups is 2. The summed E-state index contributed by atoms with van der Waals surface area (Å²) in [6, 6.07) is 0.